The van der Waals surface area contributed by atoms with Gasteiger partial charge in [0.05, 0.1) is 0 Å². The number of halogens is 5. The van der Waals surface area contributed by atoms with Crippen LogP contribution in [0.4, 0.5) is 13.2 Å². The molecule has 1 heterocycles. The highest BCUT2D eigenvalue weighted by molar-refractivity contribution is 6.33. The molecule has 1 aromatic carbocycles. The van der Waals surface area contributed by atoms with Crippen LogP contribution >= 0.6 is 23.2 Å². The second-order valence-corrected chi connectivity index (χ2v) is 18.7. The number of hydrogen-bond acceptors (Lipinski definition) is 7. The lowest BCUT2D eigenvalue weighted by molar-refractivity contribution is -0.230. The Hall–Kier alpha value is -4.12. The molecular weight excluding hydrogens is 866 g/mol. The van der Waals surface area contributed by atoms with E-state index in [-0.39, 0.29) is 70.3 Å². The largest absolute Gasteiger partial charge is 0.403 e. The van der Waals surface area contributed by atoms with Crippen LogP contribution in [0.5, 0.6) is 0 Å². The molecule has 0 aromatic heterocycles. The van der Waals surface area contributed by atoms with E-state index in [4.69, 9.17) is 23.2 Å². The highest BCUT2D eigenvalue weighted by Crippen LogP contribution is 2.49. The summed E-state index contributed by atoms with van der Waals surface area (Å²) in [6.07, 6.45) is -3.33. The number of benzene rings is 1. The standard InChI is InChI=1S/C44H66Cl2F3N7O7/c1-9-16-31(51-35(57)30(10-2)53-41(63)43(44(47,48)49)20-13-11-14-21-43)38(60)55(7)33-17-12-15-22-50-40(62)42(5,6)54-37(59)34(25-27-24-28(45)18-19-29(27)46)56(8)39(61)32(23-26(3)4)52-36(33)58/h18-19,24,26,30-34H,9-17,20-23,25H2,1-8H3,(H,50,62)(H,51,57)(H,52,58)(H,53,63)(H,54,59)/t30-,31-,32-,33-,34-/m0/s1. The molecule has 0 radical (unpaired) electrons. The van der Waals surface area contributed by atoms with E-state index in [1.165, 1.54) is 44.7 Å². The quantitative estimate of drug-likeness (QED) is 0.170. The van der Waals surface area contributed by atoms with Crippen molar-refractivity contribution in [1.29, 1.82) is 0 Å². The summed E-state index contributed by atoms with van der Waals surface area (Å²) in [7, 11) is 2.80. The van der Waals surface area contributed by atoms with Crippen molar-refractivity contribution in [2.75, 3.05) is 20.6 Å². The second kappa shape index (κ2) is 23.2. The minimum Gasteiger partial charge on any atom is -0.354 e. The van der Waals surface area contributed by atoms with E-state index in [0.717, 1.165) is 0 Å². The van der Waals surface area contributed by atoms with E-state index in [9.17, 15) is 46.7 Å². The fourth-order valence-corrected chi connectivity index (χ4v) is 8.56. The van der Waals surface area contributed by atoms with Gasteiger partial charge in [0.25, 0.3) is 0 Å². The third-order valence-electron chi connectivity index (χ3n) is 12.1. The van der Waals surface area contributed by atoms with Crippen LogP contribution in [0.3, 0.4) is 0 Å². The lowest BCUT2D eigenvalue weighted by atomic mass is 9.72. The highest BCUT2D eigenvalue weighted by atomic mass is 35.5. The molecule has 1 aliphatic carbocycles. The molecule has 1 saturated heterocycles. The Kier molecular flexibility index (Phi) is 19.6. The zero-order valence-electron chi connectivity index (χ0n) is 37.7. The van der Waals surface area contributed by atoms with Crippen LogP contribution in [-0.2, 0) is 40.0 Å². The average molecular weight is 933 g/mol. The number of nitrogens with one attached hydrogen (secondary N) is 5. The summed E-state index contributed by atoms with van der Waals surface area (Å²) in [5, 5.41) is 14.0. The molecular formula is C44H66Cl2F3N7O7. The molecule has 14 nitrogen and oxygen atoms in total. The summed E-state index contributed by atoms with van der Waals surface area (Å²) < 4.78 is 43.0. The molecule has 0 bridgehead atoms. The molecule has 5 atom stereocenters. The summed E-state index contributed by atoms with van der Waals surface area (Å²) >= 11 is 12.8. The molecule has 0 unspecified atom stereocenters. The summed E-state index contributed by atoms with van der Waals surface area (Å²) in [5.41, 5.74) is -3.57. The monoisotopic (exact) mass is 931 g/mol. The van der Waals surface area contributed by atoms with Gasteiger partial charge in [-0.2, -0.15) is 13.2 Å². The summed E-state index contributed by atoms with van der Waals surface area (Å²) in [5.74, 6) is -5.38. The van der Waals surface area contributed by atoms with Crippen LogP contribution in [0, 0.1) is 11.3 Å². The van der Waals surface area contributed by atoms with E-state index in [1.54, 1.807) is 25.1 Å². The molecule has 2 fully saturated rings. The normalized spacial score (nSPS) is 22.6. The fourth-order valence-electron chi connectivity index (χ4n) is 8.17. The van der Waals surface area contributed by atoms with Crippen LogP contribution in [0.1, 0.15) is 124 Å². The van der Waals surface area contributed by atoms with Crippen molar-refractivity contribution in [2.24, 2.45) is 11.3 Å². The Morgan fingerprint density at radius 2 is 1.60 bits per heavy atom. The van der Waals surface area contributed by atoms with Crippen molar-refractivity contribution >= 4 is 64.6 Å². The van der Waals surface area contributed by atoms with Gasteiger partial charge in [-0.05, 0) is 94.9 Å². The number of nitrogens with zero attached hydrogens (tertiary/aromatic N) is 2. The van der Waals surface area contributed by atoms with Gasteiger partial charge in [0.2, 0.25) is 41.4 Å². The SMILES string of the molecule is CCC[C@H](NC(=O)[C@H](CC)NC(=O)C1(C(F)(F)F)CCCCC1)C(=O)N(C)[C@H]1CCCCNC(=O)C(C)(C)NC(=O)[C@H](Cc2cc(Cl)ccc2Cl)N(C)C(=O)[C@H](CC(C)C)NC1=O. The van der Waals surface area contributed by atoms with Crippen LogP contribution in [0.2, 0.25) is 10.0 Å². The van der Waals surface area contributed by atoms with E-state index >= 15 is 0 Å². The number of amides is 7. The summed E-state index contributed by atoms with van der Waals surface area (Å²) in [6, 6.07) is -1.47. The lowest BCUT2D eigenvalue weighted by Gasteiger charge is -2.38. The second-order valence-electron chi connectivity index (χ2n) is 17.9. The number of carbonyl (C=O) groups is 7. The number of carbonyl (C=O) groups excluding carboxylic acids is 7. The molecule has 5 N–H and O–H groups in total. The molecule has 0 spiro atoms. The van der Waals surface area contributed by atoms with Gasteiger partial charge in [-0.15, -0.1) is 0 Å². The topological polar surface area (TPSA) is 186 Å². The van der Waals surface area contributed by atoms with E-state index in [1.807, 2.05) is 13.8 Å². The predicted molar refractivity (Wildman–Crippen MR) is 234 cm³/mol. The van der Waals surface area contributed by atoms with Gasteiger partial charge in [-0.1, -0.05) is 76.6 Å². The van der Waals surface area contributed by atoms with Crippen molar-refractivity contribution in [1.82, 2.24) is 36.4 Å². The summed E-state index contributed by atoms with van der Waals surface area (Å²) in [4.78, 5) is 100. The maximum absolute atomic E-state index is 14.5. The Labute approximate surface area is 379 Å². The minimum absolute atomic E-state index is 0.0541. The van der Waals surface area contributed by atoms with E-state index in [2.05, 4.69) is 26.6 Å². The fraction of sp³-hybridized carbons (Fsp3) is 0.705. The molecule has 63 heavy (non-hydrogen) atoms. The van der Waals surface area contributed by atoms with Gasteiger partial charge < -0.3 is 36.4 Å². The average Bonchev–Trinajstić information content (AvgIpc) is 3.21. The van der Waals surface area contributed by atoms with Crippen molar-refractivity contribution in [3.63, 3.8) is 0 Å². The summed E-state index contributed by atoms with van der Waals surface area (Å²) in [6.45, 7) is 10.2. The number of likely N-dealkylation sites (N-methyl/N-ethyl adjacent to an activating group) is 2. The molecule has 1 aliphatic heterocycles. The third kappa shape index (κ3) is 13.9. The molecule has 1 aromatic rings. The Balaban J connectivity index is 1.97. The smallest absolute Gasteiger partial charge is 0.354 e. The lowest BCUT2D eigenvalue weighted by Crippen LogP contribution is -2.62. The molecule has 2 aliphatic rings. The highest BCUT2D eigenvalue weighted by Gasteiger charge is 2.60. The third-order valence-corrected chi connectivity index (χ3v) is 12.7. The first-order valence-corrected chi connectivity index (χ1v) is 22.7. The van der Waals surface area contributed by atoms with Crippen LogP contribution in [0.15, 0.2) is 18.2 Å². The van der Waals surface area contributed by atoms with Gasteiger partial charge in [-0.3, -0.25) is 33.6 Å². The van der Waals surface area contributed by atoms with Gasteiger partial charge in [0.1, 0.15) is 41.2 Å². The van der Waals surface area contributed by atoms with Crippen molar-refractivity contribution in [3.8, 4) is 0 Å². The van der Waals surface area contributed by atoms with Crippen LogP contribution in [-0.4, -0.2) is 114 Å². The molecule has 354 valence electrons. The van der Waals surface area contributed by atoms with Crippen molar-refractivity contribution in [3.05, 3.63) is 33.8 Å². The van der Waals surface area contributed by atoms with Crippen LogP contribution < -0.4 is 26.6 Å². The first-order chi connectivity index (χ1) is 29.4. The maximum atomic E-state index is 14.5. The number of alkyl halides is 3. The molecule has 3 rings (SSSR count). The van der Waals surface area contributed by atoms with E-state index in [0.29, 0.717) is 41.3 Å². The Morgan fingerprint density at radius 1 is 0.952 bits per heavy atom. The molecule has 19 heteroatoms. The molecule has 7 amide bonds. The number of rotatable bonds is 13. The Bertz CT molecular complexity index is 1810. The van der Waals surface area contributed by atoms with Crippen LogP contribution in [0.25, 0.3) is 0 Å². The predicted octanol–water partition coefficient (Wildman–Crippen LogP) is 5.61. The first-order valence-electron chi connectivity index (χ1n) is 22.0. The zero-order chi connectivity index (χ0) is 47.4. The van der Waals surface area contributed by atoms with Gasteiger partial charge in [0.15, 0.2) is 0 Å². The molecule has 1 saturated carbocycles. The minimum atomic E-state index is -4.82. The van der Waals surface area contributed by atoms with Gasteiger partial charge in [0, 0.05) is 37.1 Å². The van der Waals surface area contributed by atoms with Crippen molar-refractivity contribution < 1.29 is 46.7 Å². The number of hydrogen-bond donors (Lipinski definition) is 5. The first kappa shape index (κ1) is 53.2. The zero-order valence-corrected chi connectivity index (χ0v) is 39.2. The van der Waals surface area contributed by atoms with Gasteiger partial charge in [-0.25, -0.2) is 0 Å². The van der Waals surface area contributed by atoms with Gasteiger partial charge >= 0.3 is 6.18 Å². The van der Waals surface area contributed by atoms with E-state index < -0.39 is 88.7 Å². The van der Waals surface area contributed by atoms with Crippen molar-refractivity contribution in [2.45, 2.75) is 167 Å². The Morgan fingerprint density at radius 3 is 2.19 bits per heavy atom. The maximum Gasteiger partial charge on any atom is 0.403 e.